The van der Waals surface area contributed by atoms with Crippen molar-refractivity contribution in [3.8, 4) is 0 Å². The predicted molar refractivity (Wildman–Crippen MR) is 115 cm³/mol. The minimum Gasteiger partial charge on any atom is -0.356 e. The average Bonchev–Trinajstić information content (AvgIpc) is 2.90. The Morgan fingerprint density at radius 3 is 2.65 bits per heavy atom. The summed E-state index contributed by atoms with van der Waals surface area (Å²) < 4.78 is 3.47. The molecule has 2 atom stereocenters. The molecule has 2 unspecified atom stereocenters. The number of hydrogen-bond donors (Lipinski definition) is 1. The molecule has 2 aliphatic rings. The van der Waals surface area contributed by atoms with Crippen molar-refractivity contribution in [1.82, 2.24) is 24.6 Å². The van der Waals surface area contributed by atoms with Gasteiger partial charge in [0.2, 0.25) is 0 Å². The number of piperidine rings is 1. The second-order valence-corrected chi connectivity index (χ2v) is 7.71. The van der Waals surface area contributed by atoms with Crippen LogP contribution in [0.2, 0.25) is 0 Å². The van der Waals surface area contributed by atoms with Gasteiger partial charge < -0.3 is 10.2 Å². The van der Waals surface area contributed by atoms with E-state index < -0.39 is 0 Å². The van der Waals surface area contributed by atoms with Crippen LogP contribution in [0.4, 0.5) is 0 Å². The molecule has 148 valence electrons. The fourth-order valence-electron chi connectivity index (χ4n) is 4.19. The molecule has 3 rings (SSSR count). The summed E-state index contributed by atoms with van der Waals surface area (Å²) in [5.74, 6) is 3.35. The van der Waals surface area contributed by atoms with Crippen molar-refractivity contribution in [2.24, 2.45) is 16.8 Å². The highest BCUT2D eigenvalue weighted by Crippen LogP contribution is 2.20. The Hall–Kier alpha value is -1.06. The summed E-state index contributed by atoms with van der Waals surface area (Å²) in [5, 5.41) is 7.95. The van der Waals surface area contributed by atoms with Crippen molar-refractivity contribution in [3.63, 3.8) is 0 Å². The quantitative estimate of drug-likeness (QED) is 0.312. The first-order valence-electron chi connectivity index (χ1n) is 9.70. The van der Waals surface area contributed by atoms with Gasteiger partial charge in [-0.2, -0.15) is 5.10 Å². The fourth-order valence-corrected chi connectivity index (χ4v) is 4.19. The number of likely N-dealkylation sites (tertiary alicyclic amines) is 1. The van der Waals surface area contributed by atoms with Crippen LogP contribution in [0.5, 0.6) is 0 Å². The summed E-state index contributed by atoms with van der Waals surface area (Å²) in [6, 6.07) is 0. The van der Waals surface area contributed by atoms with Crippen LogP contribution in [0, 0.1) is 11.8 Å². The molecule has 1 saturated heterocycles. The maximum atomic E-state index is 12.3. The molecule has 8 heteroatoms. The van der Waals surface area contributed by atoms with E-state index in [4.69, 9.17) is 0 Å². The lowest BCUT2D eigenvalue weighted by Gasteiger charge is -2.37. The third-order valence-corrected chi connectivity index (χ3v) is 5.24. The van der Waals surface area contributed by atoms with Crippen LogP contribution < -0.4 is 11.0 Å². The van der Waals surface area contributed by atoms with Gasteiger partial charge in [0.05, 0.1) is 0 Å². The van der Waals surface area contributed by atoms with E-state index in [1.54, 1.807) is 4.68 Å². The first kappa shape index (κ1) is 21.2. The van der Waals surface area contributed by atoms with E-state index in [1.165, 1.54) is 6.42 Å². The van der Waals surface area contributed by atoms with Crippen molar-refractivity contribution in [3.05, 3.63) is 16.3 Å². The summed E-state index contributed by atoms with van der Waals surface area (Å²) in [5.41, 5.74) is 0.0535. The Morgan fingerprint density at radius 2 is 2.00 bits per heavy atom. The van der Waals surface area contributed by atoms with Crippen molar-refractivity contribution in [2.45, 2.75) is 59.0 Å². The number of hydrogen-bond acceptors (Lipinski definition) is 3. The van der Waals surface area contributed by atoms with E-state index in [0.29, 0.717) is 18.4 Å². The van der Waals surface area contributed by atoms with E-state index in [2.05, 4.69) is 34.2 Å². The maximum absolute atomic E-state index is 12.3. The maximum Gasteiger partial charge on any atom is 0.345 e. The molecular formula is C18H33IN6O. The molecule has 1 aromatic heterocycles. The SMILES string of the molecule is CN=C(NCCCn1nc2n(c1=O)CCCC2)N1CC(C)CC(C)C1.I. The highest BCUT2D eigenvalue weighted by atomic mass is 127. The van der Waals surface area contributed by atoms with Gasteiger partial charge in [-0.05, 0) is 37.5 Å². The van der Waals surface area contributed by atoms with Crippen molar-refractivity contribution in [1.29, 1.82) is 0 Å². The molecule has 0 radical (unpaired) electrons. The van der Waals surface area contributed by atoms with Crippen LogP contribution in [0.1, 0.15) is 45.4 Å². The van der Waals surface area contributed by atoms with Gasteiger partial charge in [0.15, 0.2) is 5.96 Å². The Labute approximate surface area is 173 Å². The lowest BCUT2D eigenvalue weighted by molar-refractivity contribution is 0.208. The zero-order chi connectivity index (χ0) is 17.8. The molecule has 0 aliphatic carbocycles. The summed E-state index contributed by atoms with van der Waals surface area (Å²) in [4.78, 5) is 19.1. The molecular weight excluding hydrogens is 443 g/mol. The zero-order valence-electron chi connectivity index (χ0n) is 16.3. The van der Waals surface area contributed by atoms with Crippen molar-refractivity contribution < 1.29 is 0 Å². The molecule has 1 aromatic rings. The molecule has 0 amide bonds. The number of halogens is 1. The monoisotopic (exact) mass is 476 g/mol. The first-order chi connectivity index (χ1) is 12.1. The standard InChI is InChI=1S/C18H32N6O.HI/c1-14-11-15(2)13-22(12-14)17(19-3)20-8-6-10-24-18(25)23-9-5-4-7-16(23)21-24;/h14-15H,4-13H2,1-3H3,(H,19,20);1H. The highest BCUT2D eigenvalue weighted by Gasteiger charge is 2.23. The summed E-state index contributed by atoms with van der Waals surface area (Å²) in [7, 11) is 1.85. The van der Waals surface area contributed by atoms with Gasteiger partial charge in [0, 0.05) is 46.2 Å². The predicted octanol–water partition coefficient (Wildman–Crippen LogP) is 1.94. The van der Waals surface area contributed by atoms with Gasteiger partial charge in [-0.15, -0.1) is 24.0 Å². The van der Waals surface area contributed by atoms with Crippen LogP contribution in [-0.4, -0.2) is 51.9 Å². The van der Waals surface area contributed by atoms with Crippen LogP contribution >= 0.6 is 24.0 Å². The Balaban J connectivity index is 0.00000243. The van der Waals surface area contributed by atoms with E-state index in [9.17, 15) is 4.79 Å². The molecule has 7 nitrogen and oxygen atoms in total. The van der Waals surface area contributed by atoms with Gasteiger partial charge in [-0.25, -0.2) is 9.48 Å². The molecule has 0 saturated carbocycles. The van der Waals surface area contributed by atoms with Gasteiger partial charge in [-0.3, -0.25) is 9.56 Å². The van der Waals surface area contributed by atoms with Gasteiger partial charge in [0.1, 0.15) is 5.82 Å². The molecule has 0 spiro atoms. The molecule has 0 bridgehead atoms. The Bertz CT molecular complexity index is 657. The number of nitrogens with zero attached hydrogens (tertiary/aromatic N) is 5. The molecule has 3 heterocycles. The average molecular weight is 476 g/mol. The number of aromatic nitrogens is 3. The van der Waals surface area contributed by atoms with Crippen molar-refractivity contribution >= 4 is 29.9 Å². The molecule has 26 heavy (non-hydrogen) atoms. The number of nitrogens with one attached hydrogen (secondary N) is 1. The minimum absolute atomic E-state index is 0. The summed E-state index contributed by atoms with van der Waals surface area (Å²) >= 11 is 0. The lowest BCUT2D eigenvalue weighted by atomic mass is 9.92. The van der Waals surface area contributed by atoms with Crippen molar-refractivity contribution in [2.75, 3.05) is 26.7 Å². The number of aryl methyl sites for hydroxylation is 2. The second kappa shape index (κ2) is 9.75. The van der Waals surface area contributed by atoms with E-state index in [0.717, 1.165) is 63.6 Å². The fraction of sp³-hybridized carbons (Fsp3) is 0.833. The summed E-state index contributed by atoms with van der Waals surface area (Å²) in [6.45, 7) is 9.04. The van der Waals surface area contributed by atoms with Gasteiger partial charge in [-0.1, -0.05) is 13.8 Å². The van der Waals surface area contributed by atoms with Crippen LogP contribution in [0.3, 0.4) is 0 Å². The summed E-state index contributed by atoms with van der Waals surface area (Å²) in [6.07, 6.45) is 5.32. The lowest BCUT2D eigenvalue weighted by Crippen LogP contribution is -2.48. The number of guanidine groups is 1. The molecule has 0 aromatic carbocycles. The first-order valence-corrected chi connectivity index (χ1v) is 9.70. The van der Waals surface area contributed by atoms with E-state index >= 15 is 0 Å². The minimum atomic E-state index is 0. The third kappa shape index (κ3) is 5.01. The van der Waals surface area contributed by atoms with Crippen LogP contribution in [-0.2, 0) is 19.5 Å². The second-order valence-electron chi connectivity index (χ2n) is 7.71. The largest absolute Gasteiger partial charge is 0.356 e. The van der Waals surface area contributed by atoms with Gasteiger partial charge >= 0.3 is 5.69 Å². The van der Waals surface area contributed by atoms with Gasteiger partial charge in [0.25, 0.3) is 0 Å². The molecule has 1 N–H and O–H groups in total. The topological polar surface area (TPSA) is 67.5 Å². The number of rotatable bonds is 4. The number of aliphatic imine (C=N–C) groups is 1. The highest BCUT2D eigenvalue weighted by molar-refractivity contribution is 14.0. The van der Waals surface area contributed by atoms with E-state index in [-0.39, 0.29) is 29.7 Å². The normalized spacial score (nSPS) is 23.3. The Kier molecular flexibility index (Phi) is 7.97. The Morgan fingerprint density at radius 1 is 1.27 bits per heavy atom. The van der Waals surface area contributed by atoms with Crippen LogP contribution in [0.15, 0.2) is 9.79 Å². The number of fused-ring (bicyclic) bond motifs is 1. The third-order valence-electron chi connectivity index (χ3n) is 5.24. The molecule has 2 aliphatic heterocycles. The zero-order valence-corrected chi connectivity index (χ0v) is 18.6. The smallest absolute Gasteiger partial charge is 0.345 e. The molecule has 1 fully saturated rings. The van der Waals surface area contributed by atoms with Crippen LogP contribution in [0.25, 0.3) is 0 Å². The van der Waals surface area contributed by atoms with E-state index in [1.807, 2.05) is 11.6 Å².